The smallest absolute Gasteiger partial charge is 0.0240 e. The van der Waals surface area contributed by atoms with Crippen LogP contribution in [0.25, 0.3) is 10.8 Å². The third-order valence-electron chi connectivity index (χ3n) is 5.27. The molecule has 2 aromatic carbocycles. The van der Waals surface area contributed by atoms with Crippen LogP contribution in [0.15, 0.2) is 59.2 Å². The van der Waals surface area contributed by atoms with Crippen molar-refractivity contribution in [3.8, 4) is 0 Å². The van der Waals surface area contributed by atoms with Crippen LogP contribution in [0.5, 0.6) is 0 Å². The van der Waals surface area contributed by atoms with E-state index in [9.17, 15) is 0 Å². The summed E-state index contributed by atoms with van der Waals surface area (Å²) in [4.78, 5) is 0. The summed E-state index contributed by atoms with van der Waals surface area (Å²) >= 11 is 0. The second-order valence-corrected chi connectivity index (χ2v) is 8.09. The van der Waals surface area contributed by atoms with Gasteiger partial charge in [-0.1, -0.05) is 53.6 Å². The summed E-state index contributed by atoms with van der Waals surface area (Å²) in [5.41, 5.74) is 7.34. The highest BCUT2D eigenvalue weighted by atomic mass is 14.9. The Bertz CT molecular complexity index is 831. The second kappa shape index (κ2) is 6.22. The quantitative estimate of drug-likeness (QED) is 0.720. The molecule has 1 unspecified atom stereocenters. The third kappa shape index (κ3) is 3.18. The molecule has 0 spiro atoms. The molecule has 1 aliphatic carbocycles. The second-order valence-electron chi connectivity index (χ2n) is 8.09. The summed E-state index contributed by atoms with van der Waals surface area (Å²) in [5.74, 6) is 0.409. The fourth-order valence-electron chi connectivity index (χ4n) is 3.56. The Hall–Kier alpha value is -1.86. The number of rotatable bonds is 3. The minimum absolute atomic E-state index is 0.108. The number of benzene rings is 2. The molecule has 1 N–H and O–H groups in total. The molecule has 24 heavy (non-hydrogen) atoms. The summed E-state index contributed by atoms with van der Waals surface area (Å²) in [6, 6.07) is 13.3. The topological polar surface area (TPSA) is 12.0 Å². The number of hydrogen-bond donors (Lipinski definition) is 1. The predicted octanol–water partition coefficient (Wildman–Crippen LogP) is 6.11. The van der Waals surface area contributed by atoms with Crippen molar-refractivity contribution >= 4 is 10.8 Å². The van der Waals surface area contributed by atoms with E-state index in [0.29, 0.717) is 5.92 Å². The maximum atomic E-state index is 3.69. The molecule has 3 rings (SSSR count). The minimum Gasteiger partial charge on any atom is -0.308 e. The Morgan fingerprint density at radius 2 is 1.67 bits per heavy atom. The molecule has 0 bridgehead atoms. The third-order valence-corrected chi connectivity index (χ3v) is 5.27. The van der Waals surface area contributed by atoms with Crippen molar-refractivity contribution in [3.63, 3.8) is 0 Å². The molecule has 126 valence electrons. The molecule has 0 radical (unpaired) electrons. The van der Waals surface area contributed by atoms with E-state index in [1.165, 1.54) is 38.6 Å². The molecule has 2 aromatic rings. The van der Waals surface area contributed by atoms with Crippen LogP contribution in [-0.4, -0.2) is 5.54 Å². The van der Waals surface area contributed by atoms with Gasteiger partial charge in [-0.2, -0.15) is 0 Å². The van der Waals surface area contributed by atoms with Gasteiger partial charge in [0.1, 0.15) is 0 Å². The van der Waals surface area contributed by atoms with Gasteiger partial charge in [0.2, 0.25) is 0 Å². The molecule has 0 fully saturated rings. The Labute approximate surface area is 146 Å². The standard InChI is InChI=1S/C23H29N/c1-15-13-21(17(3)16(15)2)20-12-11-18-9-7-8-10-19(18)22(20)14-24-23(4,5)6/h7-13,21,24H,14H2,1-6H3. The number of allylic oxidation sites excluding steroid dienone is 4. The average molecular weight is 319 g/mol. The van der Waals surface area contributed by atoms with Crippen molar-refractivity contribution in [2.45, 2.75) is 59.5 Å². The molecule has 0 amide bonds. The number of fused-ring (bicyclic) bond motifs is 1. The molecular formula is C23H29N. The average Bonchev–Trinajstić information content (AvgIpc) is 2.79. The monoisotopic (exact) mass is 319 g/mol. The summed E-state index contributed by atoms with van der Waals surface area (Å²) in [7, 11) is 0. The molecule has 0 heterocycles. The van der Waals surface area contributed by atoms with Crippen molar-refractivity contribution in [1.82, 2.24) is 5.32 Å². The number of hydrogen-bond acceptors (Lipinski definition) is 1. The van der Waals surface area contributed by atoms with Gasteiger partial charge in [0.15, 0.2) is 0 Å². The van der Waals surface area contributed by atoms with Gasteiger partial charge in [-0.25, -0.2) is 0 Å². The van der Waals surface area contributed by atoms with Gasteiger partial charge in [-0.3, -0.25) is 0 Å². The van der Waals surface area contributed by atoms with Gasteiger partial charge in [-0.15, -0.1) is 0 Å². The van der Waals surface area contributed by atoms with Crippen molar-refractivity contribution in [2.75, 3.05) is 0 Å². The van der Waals surface area contributed by atoms with Crippen LogP contribution in [0, 0.1) is 0 Å². The van der Waals surface area contributed by atoms with E-state index in [4.69, 9.17) is 0 Å². The molecule has 0 saturated heterocycles. The lowest BCUT2D eigenvalue weighted by Gasteiger charge is -2.24. The van der Waals surface area contributed by atoms with E-state index in [2.05, 4.69) is 89.3 Å². The first-order chi connectivity index (χ1) is 11.3. The zero-order valence-electron chi connectivity index (χ0n) is 15.8. The van der Waals surface area contributed by atoms with Crippen molar-refractivity contribution in [1.29, 1.82) is 0 Å². The first-order valence-corrected chi connectivity index (χ1v) is 8.89. The van der Waals surface area contributed by atoms with Gasteiger partial charge in [0, 0.05) is 18.0 Å². The fourth-order valence-corrected chi connectivity index (χ4v) is 3.56. The van der Waals surface area contributed by atoms with Crippen LogP contribution < -0.4 is 5.32 Å². The van der Waals surface area contributed by atoms with Crippen LogP contribution in [0.3, 0.4) is 0 Å². The first-order valence-electron chi connectivity index (χ1n) is 8.89. The molecular weight excluding hydrogens is 290 g/mol. The lowest BCUT2D eigenvalue weighted by atomic mass is 9.87. The molecule has 0 aromatic heterocycles. The lowest BCUT2D eigenvalue weighted by molar-refractivity contribution is 0.424. The van der Waals surface area contributed by atoms with E-state index in [-0.39, 0.29) is 5.54 Å². The van der Waals surface area contributed by atoms with E-state index >= 15 is 0 Å². The Balaban J connectivity index is 2.14. The van der Waals surface area contributed by atoms with E-state index in [1.54, 1.807) is 0 Å². The highest BCUT2D eigenvalue weighted by Crippen LogP contribution is 2.40. The summed E-state index contributed by atoms with van der Waals surface area (Å²) in [6.45, 7) is 14.3. The normalized spacial score (nSPS) is 18.4. The zero-order valence-corrected chi connectivity index (χ0v) is 15.8. The molecule has 1 aliphatic rings. The van der Waals surface area contributed by atoms with E-state index in [1.807, 2.05) is 0 Å². The maximum absolute atomic E-state index is 3.69. The molecule has 0 saturated carbocycles. The molecule has 1 atom stereocenters. The maximum Gasteiger partial charge on any atom is 0.0240 e. The van der Waals surface area contributed by atoms with Gasteiger partial charge in [0.25, 0.3) is 0 Å². The van der Waals surface area contributed by atoms with Crippen LogP contribution in [-0.2, 0) is 6.54 Å². The van der Waals surface area contributed by atoms with Crippen LogP contribution in [0.4, 0.5) is 0 Å². The predicted molar refractivity (Wildman–Crippen MR) is 105 cm³/mol. The van der Waals surface area contributed by atoms with Gasteiger partial charge in [-0.05, 0) is 69.0 Å². The van der Waals surface area contributed by atoms with Gasteiger partial charge < -0.3 is 5.32 Å². The highest BCUT2D eigenvalue weighted by Gasteiger charge is 2.23. The fraction of sp³-hybridized carbons (Fsp3) is 0.391. The lowest BCUT2D eigenvalue weighted by Crippen LogP contribution is -2.35. The van der Waals surface area contributed by atoms with Gasteiger partial charge >= 0.3 is 0 Å². The molecule has 1 nitrogen and oxygen atoms in total. The zero-order chi connectivity index (χ0) is 17.5. The van der Waals surface area contributed by atoms with Crippen molar-refractivity contribution < 1.29 is 0 Å². The Morgan fingerprint density at radius 3 is 2.29 bits per heavy atom. The van der Waals surface area contributed by atoms with Crippen LogP contribution in [0.1, 0.15) is 58.6 Å². The van der Waals surface area contributed by atoms with Crippen LogP contribution in [0.2, 0.25) is 0 Å². The molecule has 1 heteroatoms. The van der Waals surface area contributed by atoms with Crippen molar-refractivity contribution in [2.24, 2.45) is 0 Å². The highest BCUT2D eigenvalue weighted by molar-refractivity contribution is 5.87. The summed E-state index contributed by atoms with van der Waals surface area (Å²) in [5, 5.41) is 6.39. The Morgan fingerprint density at radius 1 is 0.958 bits per heavy atom. The molecule has 0 aliphatic heterocycles. The van der Waals surface area contributed by atoms with Crippen LogP contribution >= 0.6 is 0 Å². The summed E-state index contributed by atoms with van der Waals surface area (Å²) in [6.07, 6.45) is 2.43. The van der Waals surface area contributed by atoms with Gasteiger partial charge in [0.05, 0.1) is 0 Å². The summed E-state index contributed by atoms with van der Waals surface area (Å²) < 4.78 is 0. The SMILES string of the molecule is CC1=CC(c2ccc3ccccc3c2CNC(C)(C)C)C(C)=C1C. The van der Waals surface area contributed by atoms with E-state index in [0.717, 1.165) is 6.54 Å². The Kier molecular flexibility index (Phi) is 4.40. The number of nitrogens with one attached hydrogen (secondary N) is 1. The largest absolute Gasteiger partial charge is 0.308 e. The van der Waals surface area contributed by atoms with E-state index < -0.39 is 0 Å². The first kappa shape index (κ1) is 17.0. The van der Waals surface area contributed by atoms with Crippen molar-refractivity contribution in [3.05, 3.63) is 70.3 Å². The minimum atomic E-state index is 0.108.